The number of rotatable bonds is 8. The van der Waals surface area contributed by atoms with Gasteiger partial charge in [0.25, 0.3) is 5.91 Å². The molecule has 204 valence electrons. The Balaban J connectivity index is 1.33. The molecule has 1 aromatic carbocycles. The summed E-state index contributed by atoms with van der Waals surface area (Å²) in [5, 5.41) is 6.29. The molecule has 2 N–H and O–H groups in total. The van der Waals surface area contributed by atoms with E-state index in [0.29, 0.717) is 49.0 Å². The van der Waals surface area contributed by atoms with Gasteiger partial charge in [-0.05, 0) is 68.1 Å². The number of nitrogens with zero attached hydrogens (tertiary/aromatic N) is 4. The molecule has 0 saturated carbocycles. The summed E-state index contributed by atoms with van der Waals surface area (Å²) in [4.78, 5) is 38.6. The van der Waals surface area contributed by atoms with Crippen molar-refractivity contribution in [1.29, 1.82) is 0 Å². The lowest BCUT2D eigenvalue weighted by Crippen LogP contribution is -2.56. The van der Waals surface area contributed by atoms with Crippen molar-refractivity contribution in [3.63, 3.8) is 0 Å². The first-order valence-electron chi connectivity index (χ1n) is 13.2. The molecular formula is C29H34N6O4. The molecule has 39 heavy (non-hydrogen) atoms. The molecule has 10 heteroatoms. The SMILES string of the molecule is COc1cc(C(=O)NCCc2cccnc2)ccc1Nc1ccc2c(n1)N(C1CCOCC1)[C@H](C)C(=O)N2C. The highest BCUT2D eigenvalue weighted by Crippen LogP contribution is 2.39. The number of hydrogen-bond donors (Lipinski definition) is 2. The first-order chi connectivity index (χ1) is 19.0. The number of ether oxygens (including phenoxy) is 2. The van der Waals surface area contributed by atoms with Crippen LogP contribution in [0.15, 0.2) is 54.9 Å². The van der Waals surface area contributed by atoms with Crippen LogP contribution in [0.25, 0.3) is 0 Å². The van der Waals surface area contributed by atoms with E-state index < -0.39 is 0 Å². The zero-order chi connectivity index (χ0) is 27.4. The number of fused-ring (bicyclic) bond motifs is 1. The molecule has 10 nitrogen and oxygen atoms in total. The van der Waals surface area contributed by atoms with Crippen molar-refractivity contribution in [3.05, 3.63) is 66.0 Å². The molecule has 2 amide bonds. The molecular weight excluding hydrogens is 496 g/mol. The van der Waals surface area contributed by atoms with Gasteiger partial charge in [-0.25, -0.2) is 4.98 Å². The molecule has 2 aliphatic rings. The summed E-state index contributed by atoms with van der Waals surface area (Å²) in [7, 11) is 3.36. The van der Waals surface area contributed by atoms with Crippen LogP contribution >= 0.6 is 0 Å². The highest BCUT2D eigenvalue weighted by atomic mass is 16.5. The third-order valence-electron chi connectivity index (χ3n) is 7.30. The Morgan fingerprint density at radius 2 is 2.00 bits per heavy atom. The molecule has 0 radical (unpaired) electrons. The summed E-state index contributed by atoms with van der Waals surface area (Å²) in [5.41, 5.74) is 3.03. The lowest BCUT2D eigenvalue weighted by atomic mass is 10.0. The lowest BCUT2D eigenvalue weighted by Gasteiger charge is -2.44. The molecule has 4 heterocycles. The third-order valence-corrected chi connectivity index (χ3v) is 7.30. The Morgan fingerprint density at radius 3 is 2.74 bits per heavy atom. The van der Waals surface area contributed by atoms with Gasteiger partial charge < -0.3 is 29.9 Å². The number of aromatic nitrogens is 2. The van der Waals surface area contributed by atoms with Crippen LogP contribution in [0, 0.1) is 0 Å². The first-order valence-corrected chi connectivity index (χ1v) is 13.2. The topological polar surface area (TPSA) is 109 Å². The fraction of sp³-hybridized carbons (Fsp3) is 0.379. The standard InChI is InChI=1S/C29H34N6O4/c1-19-29(37)34(2)24-8-9-26(33-27(24)35(19)22-11-15-39-16-12-22)32-23-7-6-21(17-25(23)38-3)28(36)31-14-10-20-5-4-13-30-18-20/h4-9,13,17-19,22H,10-12,14-16H2,1-3H3,(H,31,36)(H,32,33)/t19-/m1/s1. The molecule has 2 aromatic heterocycles. The van der Waals surface area contributed by atoms with E-state index in [-0.39, 0.29) is 23.9 Å². The second kappa shape index (κ2) is 11.7. The number of pyridine rings is 2. The van der Waals surface area contributed by atoms with Crippen molar-refractivity contribution >= 4 is 34.8 Å². The minimum absolute atomic E-state index is 0.0486. The van der Waals surface area contributed by atoms with Gasteiger partial charge in [0.15, 0.2) is 5.82 Å². The molecule has 0 bridgehead atoms. The third kappa shape index (κ3) is 5.65. The maximum atomic E-state index is 13.0. The van der Waals surface area contributed by atoms with E-state index in [4.69, 9.17) is 14.5 Å². The minimum Gasteiger partial charge on any atom is -0.495 e. The number of carbonyl (C=O) groups excluding carboxylic acids is 2. The number of nitrogens with one attached hydrogen (secondary N) is 2. The van der Waals surface area contributed by atoms with E-state index >= 15 is 0 Å². The van der Waals surface area contributed by atoms with Crippen LogP contribution in [0.3, 0.4) is 0 Å². The summed E-state index contributed by atoms with van der Waals surface area (Å²) in [6, 6.07) is 12.8. The van der Waals surface area contributed by atoms with Crippen molar-refractivity contribution in [2.24, 2.45) is 0 Å². The Bertz CT molecular complexity index is 1330. The smallest absolute Gasteiger partial charge is 0.251 e. The summed E-state index contributed by atoms with van der Waals surface area (Å²) >= 11 is 0. The van der Waals surface area contributed by atoms with E-state index in [1.165, 1.54) is 0 Å². The Hall–Kier alpha value is -4.18. The number of hydrogen-bond acceptors (Lipinski definition) is 8. The quantitative estimate of drug-likeness (QED) is 0.455. The van der Waals surface area contributed by atoms with E-state index in [2.05, 4.69) is 20.5 Å². The van der Waals surface area contributed by atoms with Crippen molar-refractivity contribution in [2.75, 3.05) is 49.0 Å². The second-order valence-corrected chi connectivity index (χ2v) is 9.77. The highest BCUT2D eigenvalue weighted by Gasteiger charge is 2.39. The van der Waals surface area contributed by atoms with Gasteiger partial charge >= 0.3 is 0 Å². The highest BCUT2D eigenvalue weighted by molar-refractivity contribution is 6.04. The molecule has 1 atom stereocenters. The number of likely N-dealkylation sites (N-methyl/N-ethyl adjacent to an activating group) is 1. The molecule has 2 aliphatic heterocycles. The zero-order valence-electron chi connectivity index (χ0n) is 22.5. The van der Waals surface area contributed by atoms with Crippen LogP contribution in [0.1, 0.15) is 35.7 Å². The zero-order valence-corrected chi connectivity index (χ0v) is 22.5. The van der Waals surface area contributed by atoms with Crippen LogP contribution in [-0.4, -0.2) is 67.8 Å². The van der Waals surface area contributed by atoms with Gasteiger partial charge in [0.05, 0.1) is 18.5 Å². The predicted octanol–water partition coefficient (Wildman–Crippen LogP) is 3.55. The molecule has 3 aromatic rings. The van der Waals surface area contributed by atoms with E-state index in [9.17, 15) is 9.59 Å². The van der Waals surface area contributed by atoms with Gasteiger partial charge in [-0.2, -0.15) is 0 Å². The van der Waals surface area contributed by atoms with Crippen molar-refractivity contribution in [2.45, 2.75) is 38.3 Å². The number of benzene rings is 1. The molecule has 1 fully saturated rings. The van der Waals surface area contributed by atoms with Crippen molar-refractivity contribution < 1.29 is 19.1 Å². The van der Waals surface area contributed by atoms with Crippen molar-refractivity contribution in [1.82, 2.24) is 15.3 Å². The average molecular weight is 531 g/mol. The second-order valence-electron chi connectivity index (χ2n) is 9.77. The Morgan fingerprint density at radius 1 is 1.18 bits per heavy atom. The number of amides is 2. The average Bonchev–Trinajstić information content (AvgIpc) is 2.97. The van der Waals surface area contributed by atoms with Crippen LogP contribution in [0.5, 0.6) is 5.75 Å². The monoisotopic (exact) mass is 530 g/mol. The summed E-state index contributed by atoms with van der Waals surface area (Å²) in [6.45, 7) is 3.78. The molecule has 0 unspecified atom stereocenters. The van der Waals surface area contributed by atoms with Crippen LogP contribution in [0.2, 0.25) is 0 Å². The van der Waals surface area contributed by atoms with Crippen LogP contribution in [-0.2, 0) is 16.0 Å². The van der Waals surface area contributed by atoms with E-state index in [1.54, 1.807) is 43.6 Å². The van der Waals surface area contributed by atoms with Gasteiger partial charge in [-0.3, -0.25) is 14.6 Å². The summed E-state index contributed by atoms with van der Waals surface area (Å²) < 4.78 is 11.2. The summed E-state index contributed by atoms with van der Waals surface area (Å²) in [5.74, 6) is 1.78. The van der Waals surface area contributed by atoms with Gasteiger partial charge in [0, 0.05) is 50.8 Å². The fourth-order valence-electron chi connectivity index (χ4n) is 5.16. The molecule has 1 saturated heterocycles. The Labute approximate surface area is 228 Å². The van der Waals surface area contributed by atoms with Crippen LogP contribution in [0.4, 0.5) is 23.0 Å². The van der Waals surface area contributed by atoms with Gasteiger partial charge in [-0.15, -0.1) is 0 Å². The van der Waals surface area contributed by atoms with Crippen LogP contribution < -0.4 is 25.2 Å². The number of carbonyl (C=O) groups is 2. The fourth-order valence-corrected chi connectivity index (χ4v) is 5.16. The number of anilines is 4. The molecule has 0 aliphatic carbocycles. The molecule has 5 rings (SSSR count). The maximum Gasteiger partial charge on any atom is 0.251 e. The summed E-state index contributed by atoms with van der Waals surface area (Å²) in [6.07, 6.45) is 5.92. The van der Waals surface area contributed by atoms with E-state index in [1.807, 2.05) is 37.3 Å². The maximum absolute atomic E-state index is 13.0. The Kier molecular flexibility index (Phi) is 7.92. The normalized spacial score (nSPS) is 17.5. The van der Waals surface area contributed by atoms with E-state index in [0.717, 1.165) is 29.9 Å². The minimum atomic E-state index is -0.321. The predicted molar refractivity (Wildman–Crippen MR) is 150 cm³/mol. The molecule has 0 spiro atoms. The number of methoxy groups -OCH3 is 1. The lowest BCUT2D eigenvalue weighted by molar-refractivity contribution is -0.119. The van der Waals surface area contributed by atoms with Gasteiger partial charge in [-0.1, -0.05) is 6.07 Å². The van der Waals surface area contributed by atoms with Crippen molar-refractivity contribution in [3.8, 4) is 5.75 Å². The van der Waals surface area contributed by atoms with Gasteiger partial charge in [0.2, 0.25) is 5.91 Å². The largest absolute Gasteiger partial charge is 0.495 e. The first kappa shape index (κ1) is 26.4. The van der Waals surface area contributed by atoms with Gasteiger partial charge in [0.1, 0.15) is 17.6 Å².